The van der Waals surface area contributed by atoms with Crippen molar-refractivity contribution in [1.82, 2.24) is 5.48 Å². The summed E-state index contributed by atoms with van der Waals surface area (Å²) in [4.78, 5) is 5.08. The lowest BCUT2D eigenvalue weighted by molar-refractivity contribution is -0.137. The second-order valence-electron chi connectivity index (χ2n) is 3.49. The normalized spacial score (nSPS) is 11.6. The van der Waals surface area contributed by atoms with E-state index in [-0.39, 0.29) is 5.75 Å². The fraction of sp³-hybridized carbons (Fsp3) is 0.455. The minimum Gasteiger partial charge on any atom is -0.408 e. The number of hydrogen-bond acceptors (Lipinski definition) is 2. The van der Waals surface area contributed by atoms with Gasteiger partial charge in [-0.1, -0.05) is 13.3 Å². The van der Waals surface area contributed by atoms with Gasteiger partial charge in [0.05, 0.1) is 10.0 Å². The van der Waals surface area contributed by atoms with Gasteiger partial charge in [-0.05, 0) is 40.5 Å². The highest BCUT2D eigenvalue weighted by molar-refractivity contribution is 9.10. The Kier molecular flexibility index (Phi) is 5.27. The summed E-state index contributed by atoms with van der Waals surface area (Å²) in [6.07, 6.45) is -2.47. The molecule has 96 valence electrons. The fourth-order valence-electron chi connectivity index (χ4n) is 1.14. The lowest BCUT2D eigenvalue weighted by Gasteiger charge is -2.11. The zero-order valence-corrected chi connectivity index (χ0v) is 10.9. The number of alkyl halides is 3. The first-order valence-electron chi connectivity index (χ1n) is 5.21. The second-order valence-corrected chi connectivity index (χ2v) is 4.35. The van der Waals surface area contributed by atoms with Crippen LogP contribution in [0.4, 0.5) is 13.2 Å². The van der Waals surface area contributed by atoms with Gasteiger partial charge in [0.15, 0.2) is 5.75 Å². The van der Waals surface area contributed by atoms with E-state index in [0.717, 1.165) is 25.0 Å². The number of nitrogens with one attached hydrogen (secondary N) is 1. The molecule has 0 spiro atoms. The third kappa shape index (κ3) is 4.55. The maximum atomic E-state index is 12.5. The molecule has 0 aliphatic rings. The quantitative estimate of drug-likeness (QED) is 0.651. The van der Waals surface area contributed by atoms with Crippen LogP contribution >= 0.6 is 15.9 Å². The summed E-state index contributed by atoms with van der Waals surface area (Å²) >= 11 is 3.13. The SMILES string of the molecule is CCCCNOc1cc(C(F)(F)F)ccc1Br. The number of unbranched alkanes of at least 4 members (excludes halogenated alkanes) is 1. The highest BCUT2D eigenvalue weighted by atomic mass is 79.9. The number of halogens is 4. The Morgan fingerprint density at radius 2 is 2.06 bits per heavy atom. The molecule has 0 radical (unpaired) electrons. The molecule has 0 heterocycles. The first kappa shape index (κ1) is 14.3. The number of rotatable bonds is 5. The maximum absolute atomic E-state index is 12.5. The molecule has 0 atom stereocenters. The molecule has 6 heteroatoms. The standard InChI is InChI=1S/C11H13BrF3NO/c1-2-3-6-16-17-10-7-8(11(13,14)15)4-5-9(10)12/h4-5,7,16H,2-3,6H2,1H3. The van der Waals surface area contributed by atoms with Crippen LogP contribution < -0.4 is 10.3 Å². The molecule has 0 saturated carbocycles. The first-order valence-corrected chi connectivity index (χ1v) is 6.01. The minimum atomic E-state index is -4.36. The molecule has 0 aliphatic carbocycles. The molecule has 0 saturated heterocycles. The average Bonchev–Trinajstić information content (AvgIpc) is 2.25. The topological polar surface area (TPSA) is 21.3 Å². The third-order valence-electron chi connectivity index (χ3n) is 2.07. The zero-order chi connectivity index (χ0) is 12.9. The van der Waals surface area contributed by atoms with Crippen LogP contribution in [0.25, 0.3) is 0 Å². The van der Waals surface area contributed by atoms with Gasteiger partial charge in [0.1, 0.15) is 0 Å². The van der Waals surface area contributed by atoms with E-state index in [9.17, 15) is 13.2 Å². The molecule has 0 unspecified atom stereocenters. The van der Waals surface area contributed by atoms with Gasteiger partial charge in [-0.3, -0.25) is 0 Å². The Morgan fingerprint density at radius 1 is 1.35 bits per heavy atom. The molecule has 1 aromatic rings. The van der Waals surface area contributed by atoms with Crippen molar-refractivity contribution in [1.29, 1.82) is 0 Å². The zero-order valence-electron chi connectivity index (χ0n) is 9.27. The molecule has 0 fully saturated rings. The molecule has 17 heavy (non-hydrogen) atoms. The van der Waals surface area contributed by atoms with Gasteiger partial charge in [-0.15, -0.1) is 0 Å². The van der Waals surface area contributed by atoms with E-state index < -0.39 is 11.7 Å². The van der Waals surface area contributed by atoms with Gasteiger partial charge in [-0.25, -0.2) is 0 Å². The summed E-state index contributed by atoms with van der Waals surface area (Å²) in [5.41, 5.74) is 1.90. The summed E-state index contributed by atoms with van der Waals surface area (Å²) in [7, 11) is 0. The van der Waals surface area contributed by atoms with E-state index in [4.69, 9.17) is 4.84 Å². The van der Waals surface area contributed by atoms with Gasteiger partial charge in [0.2, 0.25) is 0 Å². The first-order chi connectivity index (χ1) is 7.95. The molecule has 0 bridgehead atoms. The Bertz CT molecular complexity index is 368. The fourth-order valence-corrected chi connectivity index (χ4v) is 1.46. The van der Waals surface area contributed by atoms with Crippen LogP contribution in [-0.4, -0.2) is 6.54 Å². The predicted octanol–water partition coefficient (Wildman–Crippen LogP) is 4.15. The van der Waals surface area contributed by atoms with Gasteiger partial charge < -0.3 is 4.84 Å². The monoisotopic (exact) mass is 311 g/mol. The highest BCUT2D eigenvalue weighted by Gasteiger charge is 2.31. The second kappa shape index (κ2) is 6.26. The molecule has 0 amide bonds. The van der Waals surface area contributed by atoms with Crippen LogP contribution in [0, 0.1) is 0 Å². The van der Waals surface area contributed by atoms with Crippen LogP contribution in [0.1, 0.15) is 25.3 Å². The Labute approximate surface area is 106 Å². The van der Waals surface area contributed by atoms with E-state index >= 15 is 0 Å². The van der Waals surface area contributed by atoms with Crippen molar-refractivity contribution >= 4 is 15.9 Å². The highest BCUT2D eigenvalue weighted by Crippen LogP contribution is 2.34. The van der Waals surface area contributed by atoms with Crippen molar-refractivity contribution in [3.8, 4) is 5.75 Å². The number of benzene rings is 1. The van der Waals surface area contributed by atoms with Crippen molar-refractivity contribution in [2.24, 2.45) is 0 Å². The Morgan fingerprint density at radius 3 is 2.65 bits per heavy atom. The molecule has 0 aromatic heterocycles. The lowest BCUT2D eigenvalue weighted by atomic mass is 10.2. The van der Waals surface area contributed by atoms with Crippen LogP contribution in [-0.2, 0) is 6.18 Å². The molecular formula is C11H13BrF3NO. The van der Waals surface area contributed by atoms with E-state index in [1.54, 1.807) is 0 Å². The van der Waals surface area contributed by atoms with Crippen molar-refractivity contribution < 1.29 is 18.0 Å². The molecule has 0 aliphatic heterocycles. The summed E-state index contributed by atoms with van der Waals surface area (Å²) in [5, 5.41) is 0. The van der Waals surface area contributed by atoms with E-state index in [1.165, 1.54) is 6.07 Å². The molecule has 1 N–H and O–H groups in total. The van der Waals surface area contributed by atoms with Crippen LogP contribution in [0.2, 0.25) is 0 Å². The van der Waals surface area contributed by atoms with Crippen LogP contribution in [0.15, 0.2) is 22.7 Å². The average molecular weight is 312 g/mol. The largest absolute Gasteiger partial charge is 0.416 e. The van der Waals surface area contributed by atoms with E-state index in [1.807, 2.05) is 6.92 Å². The van der Waals surface area contributed by atoms with Crippen molar-refractivity contribution in [2.75, 3.05) is 6.54 Å². The van der Waals surface area contributed by atoms with Crippen molar-refractivity contribution in [3.05, 3.63) is 28.2 Å². The summed E-state index contributed by atoms with van der Waals surface area (Å²) < 4.78 is 37.8. The molecule has 2 nitrogen and oxygen atoms in total. The molecule has 1 rings (SSSR count). The van der Waals surface area contributed by atoms with E-state index in [2.05, 4.69) is 21.4 Å². The Balaban J connectivity index is 2.70. The van der Waals surface area contributed by atoms with Crippen molar-refractivity contribution in [2.45, 2.75) is 25.9 Å². The van der Waals surface area contributed by atoms with Crippen LogP contribution in [0.3, 0.4) is 0 Å². The van der Waals surface area contributed by atoms with Gasteiger partial charge in [0.25, 0.3) is 0 Å². The third-order valence-corrected chi connectivity index (χ3v) is 2.73. The van der Waals surface area contributed by atoms with Crippen molar-refractivity contribution in [3.63, 3.8) is 0 Å². The summed E-state index contributed by atoms with van der Waals surface area (Å²) in [6, 6.07) is 3.28. The number of hydrogen-bond donors (Lipinski definition) is 1. The number of hydroxylamine groups is 1. The predicted molar refractivity (Wildman–Crippen MR) is 62.7 cm³/mol. The minimum absolute atomic E-state index is 0.135. The molecular weight excluding hydrogens is 299 g/mol. The summed E-state index contributed by atoms with van der Waals surface area (Å²) in [5.74, 6) is 0.135. The van der Waals surface area contributed by atoms with Gasteiger partial charge >= 0.3 is 6.18 Å². The smallest absolute Gasteiger partial charge is 0.408 e. The van der Waals surface area contributed by atoms with E-state index in [0.29, 0.717) is 11.0 Å². The summed E-state index contributed by atoms with van der Waals surface area (Å²) in [6.45, 7) is 2.61. The lowest BCUT2D eigenvalue weighted by Crippen LogP contribution is -2.20. The van der Waals surface area contributed by atoms with Gasteiger partial charge in [-0.2, -0.15) is 18.7 Å². The van der Waals surface area contributed by atoms with Crippen LogP contribution in [0.5, 0.6) is 5.75 Å². The maximum Gasteiger partial charge on any atom is 0.416 e. The molecule has 1 aromatic carbocycles. The van der Waals surface area contributed by atoms with Gasteiger partial charge in [0, 0.05) is 6.54 Å². The Hall–Kier alpha value is -0.750.